The first-order valence-corrected chi connectivity index (χ1v) is 5.91. The highest BCUT2D eigenvalue weighted by atomic mass is 15.1. The van der Waals surface area contributed by atoms with E-state index >= 15 is 0 Å². The van der Waals surface area contributed by atoms with Crippen LogP contribution < -0.4 is 5.32 Å². The molecule has 0 radical (unpaired) electrons. The van der Waals surface area contributed by atoms with Crippen LogP contribution in [0.4, 0.5) is 5.82 Å². The van der Waals surface area contributed by atoms with E-state index in [0.29, 0.717) is 5.56 Å². The number of hydrogen-bond acceptors (Lipinski definition) is 3. The van der Waals surface area contributed by atoms with E-state index in [9.17, 15) is 0 Å². The highest BCUT2D eigenvalue weighted by Crippen LogP contribution is 2.39. The molecule has 0 atom stereocenters. The zero-order valence-electron chi connectivity index (χ0n) is 9.51. The predicted molar refractivity (Wildman–Crippen MR) is 62.2 cm³/mol. The van der Waals surface area contributed by atoms with Gasteiger partial charge in [-0.1, -0.05) is 0 Å². The third-order valence-corrected chi connectivity index (χ3v) is 3.59. The molecule has 3 rings (SSSR count). The van der Waals surface area contributed by atoms with Gasteiger partial charge in [-0.25, -0.2) is 4.98 Å². The molecule has 0 saturated heterocycles. The Balaban J connectivity index is 1.99. The van der Waals surface area contributed by atoms with E-state index in [-0.39, 0.29) is 5.54 Å². The van der Waals surface area contributed by atoms with Gasteiger partial charge in [-0.2, -0.15) is 5.26 Å². The Morgan fingerprint density at radius 2 is 2.25 bits per heavy atom. The highest BCUT2D eigenvalue weighted by Gasteiger charge is 2.38. The van der Waals surface area contributed by atoms with E-state index in [2.05, 4.69) is 23.3 Å². The van der Waals surface area contributed by atoms with Crippen LogP contribution in [0.25, 0.3) is 0 Å². The molecular weight excluding hydrogens is 198 g/mol. The number of hydrogen-bond donors (Lipinski definition) is 1. The molecule has 0 aromatic carbocycles. The molecule has 0 spiro atoms. The van der Waals surface area contributed by atoms with Gasteiger partial charge < -0.3 is 5.32 Å². The second kappa shape index (κ2) is 3.21. The molecule has 2 aliphatic rings. The molecular formula is C13H15N3. The summed E-state index contributed by atoms with van der Waals surface area (Å²) in [6.07, 6.45) is 5.67. The van der Waals surface area contributed by atoms with Gasteiger partial charge in [0.15, 0.2) is 0 Å². The number of nitriles is 1. The van der Waals surface area contributed by atoms with Crippen LogP contribution in [-0.2, 0) is 12.8 Å². The zero-order valence-corrected chi connectivity index (χ0v) is 9.51. The van der Waals surface area contributed by atoms with Crippen molar-refractivity contribution in [3.63, 3.8) is 0 Å². The SMILES string of the molecule is CC1(Nc2nc3c(cc2C#N)CCC3)CC1. The topological polar surface area (TPSA) is 48.7 Å². The molecule has 82 valence electrons. The molecule has 1 heterocycles. The van der Waals surface area contributed by atoms with Crippen molar-refractivity contribution in [1.29, 1.82) is 5.26 Å². The number of fused-ring (bicyclic) bond motifs is 1. The van der Waals surface area contributed by atoms with E-state index < -0.39 is 0 Å². The van der Waals surface area contributed by atoms with Crippen molar-refractivity contribution >= 4 is 5.82 Å². The normalized spacial score (nSPS) is 20.0. The summed E-state index contributed by atoms with van der Waals surface area (Å²) in [6.45, 7) is 2.18. The second-order valence-corrected chi connectivity index (χ2v) is 5.14. The van der Waals surface area contributed by atoms with E-state index in [1.807, 2.05) is 6.07 Å². The lowest BCUT2D eigenvalue weighted by Crippen LogP contribution is -2.18. The summed E-state index contributed by atoms with van der Waals surface area (Å²) in [5.41, 5.74) is 3.34. The number of anilines is 1. The van der Waals surface area contributed by atoms with Gasteiger partial charge >= 0.3 is 0 Å². The Bertz CT molecular complexity index is 481. The van der Waals surface area contributed by atoms with Crippen molar-refractivity contribution in [1.82, 2.24) is 4.98 Å². The molecule has 1 aromatic rings. The minimum absolute atomic E-state index is 0.186. The van der Waals surface area contributed by atoms with Crippen molar-refractivity contribution in [3.8, 4) is 6.07 Å². The third kappa shape index (κ3) is 1.55. The Morgan fingerprint density at radius 3 is 2.94 bits per heavy atom. The molecule has 1 saturated carbocycles. The quantitative estimate of drug-likeness (QED) is 0.820. The van der Waals surface area contributed by atoms with Crippen molar-refractivity contribution < 1.29 is 0 Å². The number of nitrogens with zero attached hydrogens (tertiary/aromatic N) is 2. The number of aromatic nitrogens is 1. The van der Waals surface area contributed by atoms with Gasteiger partial charge in [-0.3, -0.25) is 0 Å². The van der Waals surface area contributed by atoms with E-state index in [4.69, 9.17) is 5.26 Å². The summed E-state index contributed by atoms with van der Waals surface area (Å²) in [6, 6.07) is 4.27. The van der Waals surface area contributed by atoms with Gasteiger partial charge in [-0.05, 0) is 50.7 Å². The maximum Gasteiger partial charge on any atom is 0.144 e. The van der Waals surface area contributed by atoms with Crippen LogP contribution in [-0.4, -0.2) is 10.5 Å². The van der Waals surface area contributed by atoms with Gasteiger partial charge in [0.05, 0.1) is 5.56 Å². The first-order valence-electron chi connectivity index (χ1n) is 5.91. The molecule has 2 aliphatic carbocycles. The van der Waals surface area contributed by atoms with Crippen molar-refractivity contribution in [3.05, 3.63) is 22.9 Å². The first-order chi connectivity index (χ1) is 7.70. The van der Waals surface area contributed by atoms with Crippen LogP contribution in [0.15, 0.2) is 6.07 Å². The second-order valence-electron chi connectivity index (χ2n) is 5.14. The van der Waals surface area contributed by atoms with Crippen LogP contribution in [0.3, 0.4) is 0 Å². The Morgan fingerprint density at radius 1 is 1.44 bits per heavy atom. The van der Waals surface area contributed by atoms with Crippen LogP contribution in [0.2, 0.25) is 0 Å². The molecule has 0 bridgehead atoms. The van der Waals surface area contributed by atoms with Gasteiger partial charge in [0.25, 0.3) is 0 Å². The molecule has 1 fully saturated rings. The molecule has 3 nitrogen and oxygen atoms in total. The van der Waals surface area contributed by atoms with Crippen LogP contribution >= 0.6 is 0 Å². The lowest BCUT2D eigenvalue weighted by Gasteiger charge is -2.14. The average Bonchev–Trinajstić information content (AvgIpc) is 2.82. The minimum Gasteiger partial charge on any atom is -0.364 e. The van der Waals surface area contributed by atoms with Gasteiger partial charge in [-0.15, -0.1) is 0 Å². The summed E-state index contributed by atoms with van der Waals surface area (Å²) in [4.78, 5) is 4.62. The molecule has 3 heteroatoms. The summed E-state index contributed by atoms with van der Waals surface area (Å²) in [5, 5.41) is 12.5. The summed E-state index contributed by atoms with van der Waals surface area (Å²) >= 11 is 0. The van der Waals surface area contributed by atoms with Crippen LogP contribution in [0.1, 0.15) is 43.0 Å². The van der Waals surface area contributed by atoms with Gasteiger partial charge in [0, 0.05) is 11.2 Å². The van der Waals surface area contributed by atoms with Gasteiger partial charge in [0.1, 0.15) is 11.9 Å². The van der Waals surface area contributed by atoms with Crippen LogP contribution in [0, 0.1) is 11.3 Å². The summed E-state index contributed by atoms with van der Waals surface area (Å²) in [5.74, 6) is 0.795. The Kier molecular flexibility index (Phi) is 1.94. The maximum atomic E-state index is 9.14. The number of pyridine rings is 1. The lowest BCUT2D eigenvalue weighted by molar-refractivity contribution is 0.816. The fourth-order valence-electron chi connectivity index (χ4n) is 2.25. The number of nitrogens with one attached hydrogen (secondary N) is 1. The van der Waals surface area contributed by atoms with Crippen LogP contribution in [0.5, 0.6) is 0 Å². The standard InChI is InChI=1S/C13H15N3/c1-13(5-6-13)16-12-10(8-14)7-9-3-2-4-11(9)15-12/h7H,2-6H2,1H3,(H,15,16). The van der Waals surface area contributed by atoms with E-state index in [1.165, 1.54) is 30.5 Å². The van der Waals surface area contributed by atoms with E-state index in [0.717, 1.165) is 18.7 Å². The Labute approximate surface area is 95.5 Å². The fraction of sp³-hybridized carbons (Fsp3) is 0.538. The highest BCUT2D eigenvalue weighted by molar-refractivity contribution is 5.57. The molecule has 0 aliphatic heterocycles. The predicted octanol–water partition coefficient (Wildman–Crippen LogP) is 2.41. The largest absolute Gasteiger partial charge is 0.364 e. The molecule has 1 N–H and O–H groups in total. The maximum absolute atomic E-state index is 9.14. The Hall–Kier alpha value is -1.56. The summed E-state index contributed by atoms with van der Waals surface area (Å²) in [7, 11) is 0. The number of rotatable bonds is 2. The van der Waals surface area contributed by atoms with Crippen molar-refractivity contribution in [2.24, 2.45) is 0 Å². The molecule has 16 heavy (non-hydrogen) atoms. The summed E-state index contributed by atoms with van der Waals surface area (Å²) < 4.78 is 0. The third-order valence-electron chi connectivity index (χ3n) is 3.59. The van der Waals surface area contributed by atoms with Gasteiger partial charge in [0.2, 0.25) is 0 Å². The lowest BCUT2D eigenvalue weighted by atomic mass is 10.1. The van der Waals surface area contributed by atoms with E-state index in [1.54, 1.807) is 0 Å². The zero-order chi connectivity index (χ0) is 11.2. The first kappa shape index (κ1) is 9.65. The molecule has 0 unspecified atom stereocenters. The monoisotopic (exact) mass is 213 g/mol. The van der Waals surface area contributed by atoms with Crippen molar-refractivity contribution in [2.75, 3.05) is 5.32 Å². The minimum atomic E-state index is 0.186. The average molecular weight is 213 g/mol. The number of aryl methyl sites for hydroxylation is 2. The molecule has 0 amide bonds. The molecule has 1 aromatic heterocycles. The smallest absolute Gasteiger partial charge is 0.144 e. The fourth-order valence-corrected chi connectivity index (χ4v) is 2.25. The van der Waals surface area contributed by atoms with Crippen molar-refractivity contribution in [2.45, 2.75) is 44.6 Å².